The van der Waals surface area contributed by atoms with E-state index in [1.807, 2.05) is 31.2 Å². The zero-order valence-electron chi connectivity index (χ0n) is 12.8. The Morgan fingerprint density at radius 2 is 2.17 bits per heavy atom. The quantitative estimate of drug-likeness (QED) is 0.863. The molecule has 2 aromatic rings. The average Bonchev–Trinajstić information content (AvgIpc) is 2.55. The van der Waals surface area contributed by atoms with E-state index in [0.29, 0.717) is 17.6 Å². The Bertz CT molecular complexity index is 745. The summed E-state index contributed by atoms with van der Waals surface area (Å²) in [6.45, 7) is 2.98. The van der Waals surface area contributed by atoms with Crippen LogP contribution in [0.4, 0.5) is 0 Å². The SMILES string of the molecule is Cc1cc(Br)c(O)c(C(=O)NC[C@@H]2COc3ccccc3C2)c1. The zero-order valence-corrected chi connectivity index (χ0v) is 14.4. The van der Waals surface area contributed by atoms with Crippen molar-refractivity contribution >= 4 is 21.8 Å². The van der Waals surface area contributed by atoms with Gasteiger partial charge in [-0.15, -0.1) is 0 Å². The van der Waals surface area contributed by atoms with Gasteiger partial charge in [-0.1, -0.05) is 18.2 Å². The molecule has 23 heavy (non-hydrogen) atoms. The molecule has 1 aliphatic heterocycles. The first-order chi connectivity index (χ1) is 11.0. The number of amides is 1. The van der Waals surface area contributed by atoms with Gasteiger partial charge >= 0.3 is 0 Å². The van der Waals surface area contributed by atoms with Gasteiger partial charge in [0.25, 0.3) is 5.91 Å². The Morgan fingerprint density at radius 1 is 1.39 bits per heavy atom. The minimum atomic E-state index is -0.272. The summed E-state index contributed by atoms with van der Waals surface area (Å²) in [5, 5.41) is 12.9. The molecule has 0 bridgehead atoms. The molecule has 1 aliphatic rings. The maximum atomic E-state index is 12.3. The Balaban J connectivity index is 1.64. The van der Waals surface area contributed by atoms with E-state index in [-0.39, 0.29) is 23.1 Å². The number of rotatable bonds is 3. The molecule has 5 heteroatoms. The number of para-hydroxylation sites is 1. The third-order valence-electron chi connectivity index (χ3n) is 3.96. The molecule has 0 radical (unpaired) electrons. The van der Waals surface area contributed by atoms with Crippen LogP contribution in [0.5, 0.6) is 11.5 Å². The van der Waals surface area contributed by atoms with Crippen LogP contribution in [-0.2, 0) is 6.42 Å². The van der Waals surface area contributed by atoms with Crippen molar-refractivity contribution in [3.8, 4) is 11.5 Å². The molecular formula is C18H18BrNO3. The van der Waals surface area contributed by atoms with Gasteiger partial charge in [-0.3, -0.25) is 4.79 Å². The number of phenolic OH excluding ortho intramolecular Hbond substituents is 1. The second-order valence-electron chi connectivity index (χ2n) is 5.84. The highest BCUT2D eigenvalue weighted by molar-refractivity contribution is 9.10. The van der Waals surface area contributed by atoms with Gasteiger partial charge in [0.05, 0.1) is 16.6 Å². The first-order valence-corrected chi connectivity index (χ1v) is 8.32. The first kappa shape index (κ1) is 15.9. The largest absolute Gasteiger partial charge is 0.506 e. The number of fused-ring (bicyclic) bond motifs is 1. The molecule has 0 unspecified atom stereocenters. The number of halogens is 1. The highest BCUT2D eigenvalue weighted by Crippen LogP contribution is 2.30. The number of aromatic hydroxyl groups is 1. The van der Waals surface area contributed by atoms with Crippen molar-refractivity contribution in [2.24, 2.45) is 5.92 Å². The van der Waals surface area contributed by atoms with Crippen molar-refractivity contribution in [2.45, 2.75) is 13.3 Å². The minimum Gasteiger partial charge on any atom is -0.506 e. The summed E-state index contributed by atoms with van der Waals surface area (Å²) in [7, 11) is 0. The Hall–Kier alpha value is -2.01. The number of nitrogens with one attached hydrogen (secondary N) is 1. The van der Waals surface area contributed by atoms with E-state index < -0.39 is 0 Å². The molecule has 0 aromatic heterocycles. The number of benzene rings is 2. The van der Waals surface area contributed by atoms with Gasteiger partial charge in [-0.05, 0) is 58.6 Å². The fourth-order valence-electron chi connectivity index (χ4n) is 2.76. The van der Waals surface area contributed by atoms with E-state index in [1.165, 1.54) is 5.56 Å². The van der Waals surface area contributed by atoms with Crippen molar-refractivity contribution in [1.29, 1.82) is 0 Å². The first-order valence-electron chi connectivity index (χ1n) is 7.52. The van der Waals surface area contributed by atoms with Crippen LogP contribution in [0, 0.1) is 12.8 Å². The molecule has 1 atom stereocenters. The van der Waals surface area contributed by atoms with Crippen LogP contribution in [0.15, 0.2) is 40.9 Å². The molecule has 0 fully saturated rings. The number of carbonyl (C=O) groups excluding carboxylic acids is 1. The molecule has 2 N–H and O–H groups in total. The van der Waals surface area contributed by atoms with Gasteiger partial charge in [0.15, 0.2) is 0 Å². The lowest BCUT2D eigenvalue weighted by Gasteiger charge is -2.25. The van der Waals surface area contributed by atoms with E-state index >= 15 is 0 Å². The summed E-state index contributed by atoms with van der Waals surface area (Å²) in [4.78, 5) is 12.3. The molecule has 0 spiro atoms. The number of aryl methyl sites for hydroxylation is 1. The van der Waals surface area contributed by atoms with Crippen LogP contribution in [0.2, 0.25) is 0 Å². The summed E-state index contributed by atoms with van der Waals surface area (Å²) in [6.07, 6.45) is 0.875. The van der Waals surface area contributed by atoms with Gasteiger partial charge in [-0.25, -0.2) is 0 Å². The number of phenols is 1. The van der Waals surface area contributed by atoms with Crippen LogP contribution >= 0.6 is 15.9 Å². The van der Waals surface area contributed by atoms with Crippen molar-refractivity contribution in [2.75, 3.05) is 13.2 Å². The number of carbonyl (C=O) groups is 1. The summed E-state index contributed by atoms with van der Waals surface area (Å²) in [5.41, 5.74) is 2.36. The standard InChI is InChI=1S/C18H18BrNO3/c1-11-6-14(17(21)15(19)7-11)18(22)20-9-12-8-13-4-2-3-5-16(13)23-10-12/h2-7,12,21H,8-10H2,1H3,(H,20,22)/t12-/m1/s1. The van der Waals surface area contributed by atoms with Gasteiger partial charge in [0.1, 0.15) is 11.5 Å². The maximum absolute atomic E-state index is 12.3. The smallest absolute Gasteiger partial charge is 0.255 e. The number of ether oxygens (including phenoxy) is 1. The van der Waals surface area contributed by atoms with Gasteiger partial charge in [0, 0.05) is 12.5 Å². The fraction of sp³-hybridized carbons (Fsp3) is 0.278. The highest BCUT2D eigenvalue weighted by Gasteiger charge is 2.21. The second-order valence-corrected chi connectivity index (χ2v) is 6.70. The fourth-order valence-corrected chi connectivity index (χ4v) is 3.34. The molecule has 0 saturated heterocycles. The average molecular weight is 376 g/mol. The van der Waals surface area contributed by atoms with E-state index in [1.54, 1.807) is 12.1 Å². The lowest BCUT2D eigenvalue weighted by atomic mass is 9.96. The van der Waals surface area contributed by atoms with Crippen LogP contribution in [0.3, 0.4) is 0 Å². The van der Waals surface area contributed by atoms with Gasteiger partial charge in [-0.2, -0.15) is 0 Å². The molecule has 1 amide bonds. The number of hydrogen-bond acceptors (Lipinski definition) is 3. The van der Waals surface area contributed by atoms with Gasteiger partial charge in [0.2, 0.25) is 0 Å². The normalized spacial score (nSPS) is 16.3. The van der Waals surface area contributed by atoms with Crippen LogP contribution in [0.25, 0.3) is 0 Å². The second kappa shape index (κ2) is 6.62. The Labute approximate surface area is 143 Å². The topological polar surface area (TPSA) is 58.6 Å². The lowest BCUT2D eigenvalue weighted by Crippen LogP contribution is -2.34. The van der Waals surface area contributed by atoms with Crippen molar-refractivity contribution < 1.29 is 14.6 Å². The van der Waals surface area contributed by atoms with E-state index in [2.05, 4.69) is 21.2 Å². The van der Waals surface area contributed by atoms with Gasteiger partial charge < -0.3 is 15.2 Å². The molecule has 0 aliphatic carbocycles. The summed E-state index contributed by atoms with van der Waals surface area (Å²) in [6, 6.07) is 11.4. The van der Waals surface area contributed by atoms with Crippen LogP contribution < -0.4 is 10.1 Å². The molecule has 1 heterocycles. The third-order valence-corrected chi connectivity index (χ3v) is 4.56. The lowest BCUT2D eigenvalue weighted by molar-refractivity contribution is 0.0936. The van der Waals surface area contributed by atoms with E-state index in [4.69, 9.17) is 4.74 Å². The molecule has 4 nitrogen and oxygen atoms in total. The Morgan fingerprint density at radius 3 is 3.00 bits per heavy atom. The molecular weight excluding hydrogens is 358 g/mol. The van der Waals surface area contributed by atoms with Crippen molar-refractivity contribution in [3.05, 3.63) is 57.6 Å². The maximum Gasteiger partial charge on any atom is 0.255 e. The van der Waals surface area contributed by atoms with Crippen LogP contribution in [0.1, 0.15) is 21.5 Å². The van der Waals surface area contributed by atoms with E-state index in [9.17, 15) is 9.90 Å². The monoisotopic (exact) mass is 375 g/mol. The van der Waals surface area contributed by atoms with Crippen LogP contribution in [-0.4, -0.2) is 24.2 Å². The predicted molar refractivity (Wildman–Crippen MR) is 92.0 cm³/mol. The number of hydrogen-bond donors (Lipinski definition) is 2. The molecule has 120 valence electrons. The van der Waals surface area contributed by atoms with E-state index in [0.717, 1.165) is 17.7 Å². The Kier molecular flexibility index (Phi) is 4.57. The molecule has 2 aromatic carbocycles. The molecule has 0 saturated carbocycles. The van der Waals surface area contributed by atoms with Crippen molar-refractivity contribution in [3.63, 3.8) is 0 Å². The highest BCUT2D eigenvalue weighted by atomic mass is 79.9. The third kappa shape index (κ3) is 3.50. The summed E-state index contributed by atoms with van der Waals surface area (Å²) < 4.78 is 6.25. The predicted octanol–water partition coefficient (Wildman–Crippen LogP) is 3.44. The summed E-state index contributed by atoms with van der Waals surface area (Å²) in [5.74, 6) is 0.851. The zero-order chi connectivity index (χ0) is 16.4. The van der Waals surface area contributed by atoms with Crippen molar-refractivity contribution in [1.82, 2.24) is 5.32 Å². The molecule has 3 rings (SSSR count). The minimum absolute atomic E-state index is 0.0293. The summed E-state index contributed by atoms with van der Waals surface area (Å²) >= 11 is 3.26.